The van der Waals surface area contributed by atoms with Gasteiger partial charge in [0.15, 0.2) is 0 Å². The molecule has 0 aliphatic heterocycles. The van der Waals surface area contributed by atoms with Gasteiger partial charge in [-0.2, -0.15) is 0 Å². The lowest BCUT2D eigenvalue weighted by Gasteiger charge is -2.37. The fourth-order valence-electron chi connectivity index (χ4n) is 10.2. The smallest absolute Gasteiger partial charge is 0.0622 e. The minimum Gasteiger partial charge on any atom is -0.375 e. The van der Waals surface area contributed by atoms with Crippen LogP contribution in [-0.2, 0) is 21.8 Å². The largest absolute Gasteiger partial charge is 0.375 e. The van der Waals surface area contributed by atoms with Crippen molar-refractivity contribution in [1.82, 2.24) is 0 Å². The van der Waals surface area contributed by atoms with E-state index in [4.69, 9.17) is 0 Å². The van der Waals surface area contributed by atoms with Crippen LogP contribution < -0.4 is 5.32 Å². The van der Waals surface area contributed by atoms with Gasteiger partial charge in [0.1, 0.15) is 0 Å². The maximum absolute atomic E-state index is 4.13. The van der Waals surface area contributed by atoms with E-state index in [0.717, 1.165) is 19.3 Å². The van der Waals surface area contributed by atoms with Crippen molar-refractivity contribution in [3.63, 3.8) is 0 Å². The highest BCUT2D eigenvalue weighted by atomic mass is 15.0. The maximum Gasteiger partial charge on any atom is 0.0622 e. The number of benzene rings is 6. The highest BCUT2D eigenvalue weighted by Crippen LogP contribution is 2.59. The third-order valence-electron chi connectivity index (χ3n) is 13.2. The SMILES string of the molecule is CCCC(CC)(Nc1cccc2ccccc12)c1ccc2c(c1)C(C)(C)c1cc3c(cc1-2)C(C)(C)c1cc2c(cc1-3)C(C)(C)c1ccccc1-2. The first-order chi connectivity index (χ1) is 23.9. The van der Waals surface area contributed by atoms with Gasteiger partial charge in [0.05, 0.1) is 5.54 Å². The summed E-state index contributed by atoms with van der Waals surface area (Å²) in [5.74, 6) is 0. The van der Waals surface area contributed by atoms with Crippen molar-refractivity contribution in [1.29, 1.82) is 0 Å². The zero-order valence-electron chi connectivity index (χ0n) is 31.0. The lowest BCUT2D eigenvalue weighted by atomic mass is 9.77. The third kappa shape index (κ3) is 4.07. The normalized spacial score (nSPS) is 17.7. The first kappa shape index (κ1) is 31.4. The Hall–Kier alpha value is -4.62. The average Bonchev–Trinajstić information content (AvgIpc) is 3.59. The molecule has 0 saturated heterocycles. The van der Waals surface area contributed by atoms with Crippen LogP contribution in [0, 0.1) is 0 Å². The topological polar surface area (TPSA) is 12.0 Å². The first-order valence-corrected chi connectivity index (χ1v) is 18.8. The molecule has 6 aromatic carbocycles. The molecule has 0 radical (unpaired) electrons. The summed E-state index contributed by atoms with van der Waals surface area (Å²) in [5.41, 5.74) is 19.4. The molecule has 1 N–H and O–H groups in total. The van der Waals surface area contributed by atoms with Gasteiger partial charge < -0.3 is 5.32 Å². The summed E-state index contributed by atoms with van der Waals surface area (Å²) in [4.78, 5) is 0. The van der Waals surface area contributed by atoms with Crippen molar-refractivity contribution in [2.24, 2.45) is 0 Å². The summed E-state index contributed by atoms with van der Waals surface area (Å²) in [6, 6.07) is 42.1. The molecule has 3 aliphatic carbocycles. The molecule has 1 heteroatoms. The van der Waals surface area contributed by atoms with Crippen LogP contribution in [0.5, 0.6) is 0 Å². The molecular weight excluding hydrogens is 603 g/mol. The van der Waals surface area contributed by atoms with Crippen LogP contribution >= 0.6 is 0 Å². The molecule has 6 aromatic rings. The summed E-state index contributed by atoms with van der Waals surface area (Å²) < 4.78 is 0. The zero-order valence-corrected chi connectivity index (χ0v) is 31.0. The molecule has 1 nitrogen and oxygen atoms in total. The summed E-state index contributed by atoms with van der Waals surface area (Å²) in [5, 5.41) is 6.70. The summed E-state index contributed by atoms with van der Waals surface area (Å²) in [6.07, 6.45) is 3.20. The van der Waals surface area contributed by atoms with Crippen molar-refractivity contribution in [3.05, 3.63) is 148 Å². The van der Waals surface area contributed by atoms with E-state index in [1.165, 1.54) is 88.8 Å². The fourth-order valence-corrected chi connectivity index (χ4v) is 10.2. The number of hydrogen-bond acceptors (Lipinski definition) is 1. The van der Waals surface area contributed by atoms with E-state index >= 15 is 0 Å². The molecule has 0 aromatic heterocycles. The van der Waals surface area contributed by atoms with Gasteiger partial charge in [-0.15, -0.1) is 0 Å². The lowest BCUT2D eigenvalue weighted by Crippen LogP contribution is -2.35. The van der Waals surface area contributed by atoms with Gasteiger partial charge in [0, 0.05) is 27.3 Å². The second-order valence-electron chi connectivity index (χ2n) is 16.9. The Labute approximate surface area is 298 Å². The molecule has 0 saturated carbocycles. The summed E-state index contributed by atoms with van der Waals surface area (Å²) in [7, 11) is 0. The lowest BCUT2D eigenvalue weighted by molar-refractivity contribution is 0.428. The second-order valence-corrected chi connectivity index (χ2v) is 16.9. The van der Waals surface area contributed by atoms with Gasteiger partial charge >= 0.3 is 0 Å². The molecule has 0 spiro atoms. The van der Waals surface area contributed by atoms with Crippen LogP contribution in [0.2, 0.25) is 0 Å². The summed E-state index contributed by atoms with van der Waals surface area (Å²) >= 11 is 0. The number of nitrogens with one attached hydrogen (secondary N) is 1. The second kappa shape index (κ2) is 10.5. The van der Waals surface area contributed by atoms with E-state index in [2.05, 4.69) is 170 Å². The Morgan fingerprint density at radius 1 is 0.480 bits per heavy atom. The minimum absolute atomic E-state index is 0.0131. The predicted molar refractivity (Wildman–Crippen MR) is 214 cm³/mol. The molecular formula is C49H49N. The Kier molecular flexibility index (Phi) is 6.56. The molecule has 0 fully saturated rings. The number of fused-ring (bicyclic) bond motifs is 10. The van der Waals surface area contributed by atoms with Gasteiger partial charge in [0.25, 0.3) is 0 Å². The molecule has 0 amide bonds. The number of hydrogen-bond donors (Lipinski definition) is 1. The Balaban J connectivity index is 1.17. The van der Waals surface area contributed by atoms with E-state index < -0.39 is 0 Å². The van der Waals surface area contributed by atoms with Gasteiger partial charge in [-0.1, -0.05) is 141 Å². The minimum atomic E-state index is -0.161. The van der Waals surface area contributed by atoms with Crippen LogP contribution in [-0.4, -0.2) is 0 Å². The first-order valence-electron chi connectivity index (χ1n) is 18.8. The van der Waals surface area contributed by atoms with Crippen LogP contribution in [0.25, 0.3) is 44.2 Å². The van der Waals surface area contributed by atoms with Gasteiger partial charge in [-0.05, 0) is 121 Å². The molecule has 250 valence electrons. The van der Waals surface area contributed by atoms with Gasteiger partial charge in [0.2, 0.25) is 0 Å². The summed E-state index contributed by atoms with van der Waals surface area (Å²) in [6.45, 7) is 19.2. The van der Waals surface area contributed by atoms with E-state index in [1.54, 1.807) is 0 Å². The van der Waals surface area contributed by atoms with Gasteiger partial charge in [-0.25, -0.2) is 0 Å². The van der Waals surface area contributed by atoms with Crippen LogP contribution in [0.1, 0.15) is 114 Å². The van der Waals surface area contributed by atoms with E-state index in [9.17, 15) is 0 Å². The molecule has 0 heterocycles. The van der Waals surface area contributed by atoms with E-state index in [0.29, 0.717) is 0 Å². The predicted octanol–water partition coefficient (Wildman–Crippen LogP) is 13.3. The standard InChI is InChI=1S/C49H49N/c1-9-24-49(10-2,50-45-21-15-17-30-16-11-12-18-32(30)45)31-22-23-34-36-27-44-38(29-42(36)47(5,6)40(34)25-31)37-28-41-35(26-43(37)48(44,7)8)33-19-13-14-20-39(33)46(41,3)4/h11-23,25-29,50H,9-10,24H2,1-8H3. The van der Waals surface area contributed by atoms with Crippen molar-refractivity contribution < 1.29 is 0 Å². The number of anilines is 1. The van der Waals surface area contributed by atoms with Crippen molar-refractivity contribution >= 4 is 16.5 Å². The highest BCUT2D eigenvalue weighted by Gasteiger charge is 2.45. The third-order valence-corrected chi connectivity index (χ3v) is 13.2. The van der Waals surface area contributed by atoms with Gasteiger partial charge in [-0.3, -0.25) is 0 Å². The Morgan fingerprint density at radius 2 is 0.980 bits per heavy atom. The quantitative estimate of drug-likeness (QED) is 0.189. The average molecular weight is 652 g/mol. The van der Waals surface area contributed by atoms with Crippen molar-refractivity contribution in [3.8, 4) is 33.4 Å². The van der Waals surface area contributed by atoms with Crippen LogP contribution in [0.15, 0.2) is 109 Å². The molecule has 0 bridgehead atoms. The van der Waals surface area contributed by atoms with Crippen molar-refractivity contribution in [2.45, 2.75) is 96.4 Å². The Bertz CT molecular complexity index is 2380. The molecule has 1 atom stereocenters. The monoisotopic (exact) mass is 651 g/mol. The number of rotatable bonds is 6. The molecule has 50 heavy (non-hydrogen) atoms. The maximum atomic E-state index is 4.13. The van der Waals surface area contributed by atoms with E-state index in [1.807, 2.05) is 0 Å². The molecule has 9 rings (SSSR count). The van der Waals surface area contributed by atoms with Crippen molar-refractivity contribution in [2.75, 3.05) is 5.32 Å². The molecule has 3 aliphatic rings. The Morgan fingerprint density at radius 3 is 1.60 bits per heavy atom. The highest BCUT2D eigenvalue weighted by molar-refractivity contribution is 5.95. The van der Waals surface area contributed by atoms with Crippen LogP contribution in [0.4, 0.5) is 5.69 Å². The molecule has 1 unspecified atom stereocenters. The zero-order chi connectivity index (χ0) is 34.8. The van der Waals surface area contributed by atoms with E-state index in [-0.39, 0.29) is 21.8 Å². The van der Waals surface area contributed by atoms with Crippen LogP contribution in [0.3, 0.4) is 0 Å². The fraction of sp³-hybridized carbons (Fsp3) is 0.306.